The van der Waals surface area contributed by atoms with Crippen LogP contribution in [0.2, 0.25) is 10.0 Å². The van der Waals surface area contributed by atoms with Gasteiger partial charge < -0.3 is 24.1 Å². The number of nitrogens with zero attached hydrogens (tertiary/aromatic N) is 1. The Morgan fingerprint density at radius 3 is 2.47 bits per heavy atom. The Labute approximate surface area is 206 Å². The van der Waals surface area contributed by atoms with Crippen molar-refractivity contribution in [2.45, 2.75) is 0 Å². The van der Waals surface area contributed by atoms with Crippen LogP contribution in [0.15, 0.2) is 59.0 Å². The van der Waals surface area contributed by atoms with E-state index in [0.29, 0.717) is 59.1 Å². The molecule has 34 heavy (non-hydrogen) atoms. The number of furan rings is 1. The molecule has 2 heterocycles. The molecule has 1 aliphatic rings. The Kier molecular flexibility index (Phi) is 7.57. The monoisotopic (exact) mass is 500 g/mol. The topological polar surface area (TPSA) is 81.0 Å². The number of anilines is 2. The molecule has 9 heteroatoms. The summed E-state index contributed by atoms with van der Waals surface area (Å²) >= 11 is 12.1. The summed E-state index contributed by atoms with van der Waals surface area (Å²) in [5.74, 6) is 0.201. The van der Waals surface area contributed by atoms with Gasteiger partial charge in [-0.15, -0.1) is 0 Å². The van der Waals surface area contributed by atoms with E-state index in [0.717, 1.165) is 11.3 Å². The van der Waals surface area contributed by atoms with Gasteiger partial charge in [-0.1, -0.05) is 23.2 Å². The second kappa shape index (κ2) is 10.8. The number of ether oxygens (including phenoxy) is 2. The third-order valence-corrected chi connectivity index (χ3v) is 5.64. The maximum atomic E-state index is 12.7. The van der Waals surface area contributed by atoms with Crippen molar-refractivity contribution in [2.75, 3.05) is 43.6 Å². The summed E-state index contributed by atoms with van der Waals surface area (Å²) in [5.41, 5.74) is 2.38. The minimum atomic E-state index is -0.483. The van der Waals surface area contributed by atoms with Crippen molar-refractivity contribution in [3.63, 3.8) is 0 Å². The third kappa shape index (κ3) is 5.80. The first kappa shape index (κ1) is 23.9. The van der Waals surface area contributed by atoms with Gasteiger partial charge in [0.05, 0.1) is 37.3 Å². The van der Waals surface area contributed by atoms with Gasteiger partial charge in [0.2, 0.25) is 5.91 Å². The molecule has 2 aromatic carbocycles. The molecule has 1 amide bonds. The van der Waals surface area contributed by atoms with Crippen molar-refractivity contribution in [3.05, 3.63) is 76.0 Å². The lowest BCUT2D eigenvalue weighted by molar-refractivity contribution is -0.111. The number of hydrogen-bond donors (Lipinski definition) is 1. The molecule has 0 bridgehead atoms. The predicted octanol–water partition coefficient (Wildman–Crippen LogP) is 5.53. The van der Waals surface area contributed by atoms with Crippen LogP contribution in [-0.4, -0.2) is 45.3 Å². The van der Waals surface area contributed by atoms with Crippen LogP contribution in [0.1, 0.15) is 16.1 Å². The zero-order valence-electron chi connectivity index (χ0n) is 18.3. The fourth-order valence-corrected chi connectivity index (χ4v) is 4.11. The summed E-state index contributed by atoms with van der Waals surface area (Å²) in [5, 5.41) is 3.86. The number of benzene rings is 2. The van der Waals surface area contributed by atoms with E-state index in [9.17, 15) is 9.59 Å². The number of methoxy groups -OCH3 is 1. The van der Waals surface area contributed by atoms with E-state index in [2.05, 4.69) is 10.2 Å². The van der Waals surface area contributed by atoms with Gasteiger partial charge in [-0.2, -0.15) is 0 Å². The fourth-order valence-electron chi connectivity index (χ4n) is 3.59. The van der Waals surface area contributed by atoms with Crippen molar-refractivity contribution < 1.29 is 23.5 Å². The van der Waals surface area contributed by atoms with Gasteiger partial charge in [-0.05, 0) is 54.6 Å². The largest absolute Gasteiger partial charge is 0.465 e. The Hall–Kier alpha value is -3.26. The van der Waals surface area contributed by atoms with E-state index in [1.54, 1.807) is 54.6 Å². The zero-order chi connectivity index (χ0) is 24.1. The summed E-state index contributed by atoms with van der Waals surface area (Å²) in [7, 11) is 1.31. The first-order valence-corrected chi connectivity index (χ1v) is 11.3. The van der Waals surface area contributed by atoms with Crippen molar-refractivity contribution >= 4 is 52.5 Å². The standard InChI is InChI=1S/C25H22Cl2N2O5/c1-32-25(31)16-2-5-22(29-8-10-33-11-9-29)21(14-16)28-24(30)7-4-20-3-6-23(34-20)17-12-18(26)15-19(27)13-17/h2-7,12-15H,8-11H2,1H3,(H,28,30)/b7-4+. The first-order chi connectivity index (χ1) is 16.4. The van der Waals surface area contributed by atoms with E-state index in [1.807, 2.05) is 0 Å². The minimum absolute atomic E-state index is 0.342. The third-order valence-electron chi connectivity index (χ3n) is 5.20. The maximum Gasteiger partial charge on any atom is 0.337 e. The number of rotatable bonds is 6. The number of carbonyl (C=O) groups excluding carboxylic acids is 2. The zero-order valence-corrected chi connectivity index (χ0v) is 19.9. The molecule has 176 valence electrons. The van der Waals surface area contributed by atoms with Gasteiger partial charge in [0.1, 0.15) is 11.5 Å². The number of hydrogen-bond acceptors (Lipinski definition) is 6. The second-order valence-electron chi connectivity index (χ2n) is 7.51. The molecule has 0 aliphatic carbocycles. The second-order valence-corrected chi connectivity index (χ2v) is 8.38. The highest BCUT2D eigenvalue weighted by molar-refractivity contribution is 6.35. The van der Waals surface area contributed by atoms with Gasteiger partial charge in [0.25, 0.3) is 0 Å². The van der Waals surface area contributed by atoms with Crippen molar-refractivity contribution in [3.8, 4) is 11.3 Å². The van der Waals surface area contributed by atoms with Gasteiger partial charge >= 0.3 is 5.97 Å². The number of amides is 1. The molecule has 1 aliphatic heterocycles. The van der Waals surface area contributed by atoms with Crippen LogP contribution >= 0.6 is 23.2 Å². The summed E-state index contributed by atoms with van der Waals surface area (Å²) in [6.07, 6.45) is 2.92. The molecule has 0 atom stereocenters. The molecule has 1 N–H and O–H groups in total. The van der Waals surface area contributed by atoms with Crippen molar-refractivity contribution in [1.82, 2.24) is 0 Å². The van der Waals surface area contributed by atoms with E-state index in [4.69, 9.17) is 37.1 Å². The van der Waals surface area contributed by atoms with Gasteiger partial charge in [-0.3, -0.25) is 4.79 Å². The molecule has 3 aromatic rings. The molecule has 0 spiro atoms. The van der Waals surface area contributed by atoms with Crippen molar-refractivity contribution in [1.29, 1.82) is 0 Å². The van der Waals surface area contributed by atoms with Crippen LogP contribution < -0.4 is 10.2 Å². The lowest BCUT2D eigenvalue weighted by Gasteiger charge is -2.30. The smallest absolute Gasteiger partial charge is 0.337 e. The lowest BCUT2D eigenvalue weighted by Crippen LogP contribution is -2.36. The summed E-state index contributed by atoms with van der Waals surface area (Å²) in [6, 6.07) is 13.7. The molecule has 1 saturated heterocycles. The Morgan fingerprint density at radius 2 is 1.76 bits per heavy atom. The number of carbonyl (C=O) groups is 2. The predicted molar refractivity (Wildman–Crippen MR) is 133 cm³/mol. The number of morpholine rings is 1. The van der Waals surface area contributed by atoms with Crippen molar-refractivity contribution in [2.24, 2.45) is 0 Å². The molecule has 1 aromatic heterocycles. The molecule has 0 saturated carbocycles. The average Bonchev–Trinajstić information content (AvgIpc) is 3.31. The quantitative estimate of drug-likeness (QED) is 0.354. The molecule has 4 rings (SSSR count). The number of esters is 1. The normalized spacial score (nSPS) is 13.8. The van der Waals surface area contributed by atoms with Gasteiger partial charge in [0.15, 0.2) is 0 Å². The number of halogens is 2. The Morgan fingerprint density at radius 1 is 1.03 bits per heavy atom. The van der Waals surface area contributed by atoms with E-state index in [1.165, 1.54) is 13.2 Å². The minimum Gasteiger partial charge on any atom is -0.465 e. The highest BCUT2D eigenvalue weighted by Crippen LogP contribution is 2.30. The van der Waals surface area contributed by atoms with Crippen LogP contribution in [-0.2, 0) is 14.3 Å². The number of nitrogens with one attached hydrogen (secondary N) is 1. The van der Waals surface area contributed by atoms with Gasteiger partial charge in [-0.25, -0.2) is 4.79 Å². The van der Waals surface area contributed by atoms with E-state index >= 15 is 0 Å². The molecule has 0 radical (unpaired) electrons. The summed E-state index contributed by atoms with van der Waals surface area (Å²) < 4.78 is 16.0. The molecular formula is C25H22Cl2N2O5. The van der Waals surface area contributed by atoms with E-state index in [-0.39, 0.29) is 5.91 Å². The Bertz CT molecular complexity index is 1210. The highest BCUT2D eigenvalue weighted by atomic mass is 35.5. The van der Waals surface area contributed by atoms with Gasteiger partial charge in [0, 0.05) is 34.8 Å². The van der Waals surface area contributed by atoms with Crippen LogP contribution in [0.25, 0.3) is 17.4 Å². The van der Waals surface area contributed by atoms with Crippen LogP contribution in [0, 0.1) is 0 Å². The van der Waals surface area contributed by atoms with Crippen LogP contribution in [0.5, 0.6) is 0 Å². The van der Waals surface area contributed by atoms with Crippen LogP contribution in [0.4, 0.5) is 11.4 Å². The first-order valence-electron chi connectivity index (χ1n) is 10.5. The summed E-state index contributed by atoms with van der Waals surface area (Å²) in [6.45, 7) is 2.54. The van der Waals surface area contributed by atoms with E-state index < -0.39 is 5.97 Å². The molecular weight excluding hydrogens is 479 g/mol. The fraction of sp³-hybridized carbons (Fsp3) is 0.200. The molecule has 1 fully saturated rings. The molecule has 7 nitrogen and oxygen atoms in total. The lowest BCUT2D eigenvalue weighted by atomic mass is 10.1. The average molecular weight is 501 g/mol. The SMILES string of the molecule is COC(=O)c1ccc(N2CCOCC2)c(NC(=O)/C=C/c2ccc(-c3cc(Cl)cc(Cl)c3)o2)c1. The summed E-state index contributed by atoms with van der Waals surface area (Å²) in [4.78, 5) is 26.8. The maximum absolute atomic E-state index is 12.7. The Balaban J connectivity index is 1.52. The molecule has 0 unspecified atom stereocenters. The van der Waals surface area contributed by atoms with Crippen LogP contribution in [0.3, 0.4) is 0 Å². The highest BCUT2D eigenvalue weighted by Gasteiger charge is 2.18.